The predicted octanol–water partition coefficient (Wildman–Crippen LogP) is 9.07. The fourth-order valence-electron chi connectivity index (χ4n) is 2.32. The molecule has 18 heteroatoms. The molecular formula is C15H4BrF15S2. The van der Waals surface area contributed by atoms with E-state index in [1.165, 1.54) is 6.07 Å². The summed E-state index contributed by atoms with van der Waals surface area (Å²) >= 11 is 3.66. The van der Waals surface area contributed by atoms with E-state index in [9.17, 15) is 65.9 Å². The van der Waals surface area contributed by atoms with Gasteiger partial charge in [-0.3, -0.25) is 0 Å². The summed E-state index contributed by atoms with van der Waals surface area (Å²) < 4.78 is 201. The number of hydrogen-bond acceptors (Lipinski definition) is 2. The van der Waals surface area contributed by atoms with Crippen LogP contribution >= 0.6 is 38.6 Å². The molecule has 33 heavy (non-hydrogen) atoms. The standard InChI is InChI=1S/C15H4BrF15S2/c16-7-2-1-6(33-7)8-5(3-4-32-8)9(17,18)10(19,20)11(21,22)12(23,24)13(25,26)14(27,28)15(29,30)31/h1-4H. The van der Waals surface area contributed by atoms with Crippen LogP contribution in [0.3, 0.4) is 0 Å². The van der Waals surface area contributed by atoms with Crippen LogP contribution in [-0.2, 0) is 5.92 Å². The second-order valence-corrected chi connectivity index (χ2v) is 9.59. The van der Waals surface area contributed by atoms with E-state index in [-0.39, 0.29) is 26.1 Å². The van der Waals surface area contributed by atoms with Gasteiger partial charge in [0.05, 0.1) is 8.66 Å². The summed E-state index contributed by atoms with van der Waals surface area (Å²) in [7, 11) is 0. The molecule has 0 amide bonds. The van der Waals surface area contributed by atoms with Gasteiger partial charge < -0.3 is 0 Å². The Hall–Kier alpha value is -1.17. The summed E-state index contributed by atoms with van der Waals surface area (Å²) in [5, 5.41) is 0.616. The van der Waals surface area contributed by atoms with Crippen LogP contribution < -0.4 is 0 Å². The Morgan fingerprint density at radius 3 is 1.45 bits per heavy atom. The Labute approximate surface area is 189 Å². The van der Waals surface area contributed by atoms with Gasteiger partial charge in [0.15, 0.2) is 0 Å². The van der Waals surface area contributed by atoms with E-state index >= 15 is 0 Å². The highest BCUT2D eigenvalue weighted by atomic mass is 79.9. The zero-order chi connectivity index (χ0) is 26.1. The third kappa shape index (κ3) is 3.83. The molecule has 0 unspecified atom stereocenters. The highest BCUT2D eigenvalue weighted by Crippen LogP contribution is 2.64. The van der Waals surface area contributed by atoms with Gasteiger partial charge in [-0.1, -0.05) is 0 Å². The fraction of sp³-hybridized carbons (Fsp3) is 0.467. The van der Waals surface area contributed by atoms with Crippen LogP contribution in [0.1, 0.15) is 5.56 Å². The maximum absolute atomic E-state index is 14.4. The lowest BCUT2D eigenvalue weighted by Gasteiger charge is -2.41. The van der Waals surface area contributed by atoms with E-state index in [0.29, 0.717) is 16.7 Å². The Bertz CT molecular complexity index is 1000. The lowest BCUT2D eigenvalue weighted by atomic mass is 9.88. The van der Waals surface area contributed by atoms with E-state index in [2.05, 4.69) is 15.9 Å². The molecule has 0 atom stereocenters. The predicted molar refractivity (Wildman–Crippen MR) is 90.0 cm³/mol. The van der Waals surface area contributed by atoms with Crippen molar-refractivity contribution in [3.8, 4) is 9.75 Å². The smallest absolute Gasteiger partial charge is 0.194 e. The maximum atomic E-state index is 14.4. The molecule has 0 bridgehead atoms. The van der Waals surface area contributed by atoms with Crippen LogP contribution in [-0.4, -0.2) is 35.8 Å². The van der Waals surface area contributed by atoms with E-state index in [0.717, 1.165) is 6.07 Å². The molecule has 0 spiro atoms. The van der Waals surface area contributed by atoms with Crippen molar-refractivity contribution in [3.63, 3.8) is 0 Å². The highest BCUT2D eigenvalue weighted by Gasteiger charge is 2.93. The molecule has 0 aromatic carbocycles. The first kappa shape index (κ1) is 28.1. The van der Waals surface area contributed by atoms with Gasteiger partial charge in [0.1, 0.15) is 0 Å². The summed E-state index contributed by atoms with van der Waals surface area (Å²) in [6.45, 7) is 0. The molecule has 0 nitrogen and oxygen atoms in total. The zero-order valence-electron chi connectivity index (χ0n) is 14.7. The minimum atomic E-state index is -8.30. The number of alkyl halides is 15. The Morgan fingerprint density at radius 2 is 1.03 bits per heavy atom. The van der Waals surface area contributed by atoms with Crippen molar-refractivity contribution in [2.45, 2.75) is 41.7 Å². The molecule has 2 rings (SSSR count). The Balaban J connectivity index is 2.66. The van der Waals surface area contributed by atoms with E-state index in [1.807, 2.05) is 0 Å². The molecule has 0 N–H and O–H groups in total. The first-order valence-electron chi connectivity index (χ1n) is 7.65. The molecule has 188 valence electrons. The molecule has 0 radical (unpaired) electrons. The van der Waals surface area contributed by atoms with Gasteiger partial charge in [-0.2, -0.15) is 65.9 Å². The van der Waals surface area contributed by atoms with Crippen LogP contribution in [0.2, 0.25) is 0 Å². The van der Waals surface area contributed by atoms with Crippen molar-refractivity contribution in [1.82, 2.24) is 0 Å². The second-order valence-electron chi connectivity index (χ2n) is 6.21. The SMILES string of the molecule is FC(F)(F)C(F)(F)C(F)(F)C(F)(F)C(F)(F)C(F)(F)C(F)(F)c1ccsc1-c1ccc(Br)s1. The molecule has 0 saturated heterocycles. The minimum absolute atomic E-state index is 0.0538. The van der Waals surface area contributed by atoms with E-state index in [4.69, 9.17) is 0 Å². The summed E-state index contributed by atoms with van der Waals surface area (Å²) in [4.78, 5) is -1.20. The van der Waals surface area contributed by atoms with Crippen LogP contribution in [0.5, 0.6) is 0 Å². The number of hydrogen-bond donors (Lipinski definition) is 0. The molecule has 0 saturated carbocycles. The monoisotopic (exact) mass is 612 g/mol. The van der Waals surface area contributed by atoms with Gasteiger partial charge in [-0.05, 0) is 39.5 Å². The number of thiophene rings is 2. The Morgan fingerprint density at radius 1 is 0.576 bits per heavy atom. The minimum Gasteiger partial charge on any atom is -0.194 e. The fourth-order valence-corrected chi connectivity index (χ4v) is 4.78. The Kier molecular flexibility index (Phi) is 6.74. The zero-order valence-corrected chi connectivity index (χ0v) is 17.9. The third-order valence-corrected chi connectivity index (χ3v) is 6.85. The van der Waals surface area contributed by atoms with Gasteiger partial charge in [-0.25, -0.2) is 0 Å². The summed E-state index contributed by atoms with van der Waals surface area (Å²) in [6.07, 6.45) is -7.62. The van der Waals surface area contributed by atoms with Gasteiger partial charge in [-0.15, -0.1) is 22.7 Å². The first-order valence-corrected chi connectivity index (χ1v) is 10.1. The summed E-state index contributed by atoms with van der Waals surface area (Å²) in [6, 6.07) is 2.24. The number of rotatable bonds is 7. The van der Waals surface area contributed by atoms with Crippen LogP contribution in [0.15, 0.2) is 27.4 Å². The molecule has 0 fully saturated rings. The van der Waals surface area contributed by atoms with Crippen molar-refractivity contribution < 1.29 is 65.9 Å². The van der Waals surface area contributed by atoms with Gasteiger partial charge in [0.25, 0.3) is 0 Å². The van der Waals surface area contributed by atoms with Gasteiger partial charge in [0, 0.05) is 10.4 Å². The average Bonchev–Trinajstić information content (AvgIpc) is 3.28. The lowest BCUT2D eigenvalue weighted by Crippen LogP contribution is -2.72. The second kappa shape index (κ2) is 7.93. The highest BCUT2D eigenvalue weighted by molar-refractivity contribution is 9.11. The van der Waals surface area contributed by atoms with E-state index < -0.39 is 52.2 Å². The van der Waals surface area contributed by atoms with E-state index in [1.54, 1.807) is 0 Å². The van der Waals surface area contributed by atoms with Crippen LogP contribution in [0.25, 0.3) is 9.75 Å². The van der Waals surface area contributed by atoms with Crippen molar-refractivity contribution in [3.05, 3.63) is 32.9 Å². The molecule has 0 aliphatic carbocycles. The molecular weight excluding hydrogens is 609 g/mol. The van der Waals surface area contributed by atoms with Crippen molar-refractivity contribution in [1.29, 1.82) is 0 Å². The third-order valence-electron chi connectivity index (χ3n) is 4.13. The molecule has 0 aliphatic rings. The van der Waals surface area contributed by atoms with Gasteiger partial charge >= 0.3 is 41.7 Å². The number of halogens is 16. The molecule has 2 aromatic heterocycles. The summed E-state index contributed by atoms with van der Waals surface area (Å²) in [5.74, 6) is -46.6. The topological polar surface area (TPSA) is 0 Å². The quantitative estimate of drug-likeness (QED) is 0.274. The molecule has 0 aliphatic heterocycles. The molecule has 2 heterocycles. The normalized spacial score (nSPS) is 15.3. The van der Waals surface area contributed by atoms with Crippen molar-refractivity contribution in [2.24, 2.45) is 0 Å². The van der Waals surface area contributed by atoms with Crippen LogP contribution in [0.4, 0.5) is 65.9 Å². The average molecular weight is 613 g/mol. The van der Waals surface area contributed by atoms with Crippen molar-refractivity contribution in [2.75, 3.05) is 0 Å². The lowest BCUT2D eigenvalue weighted by molar-refractivity contribution is -0.453. The first-order chi connectivity index (χ1) is 14.5. The van der Waals surface area contributed by atoms with Crippen molar-refractivity contribution >= 4 is 38.6 Å². The summed E-state index contributed by atoms with van der Waals surface area (Å²) in [5.41, 5.74) is -2.08. The largest absolute Gasteiger partial charge is 0.460 e. The van der Waals surface area contributed by atoms with Gasteiger partial charge in [0.2, 0.25) is 0 Å². The van der Waals surface area contributed by atoms with Crippen LogP contribution in [0, 0.1) is 0 Å². The maximum Gasteiger partial charge on any atom is 0.460 e. The molecule has 2 aromatic rings.